The van der Waals surface area contributed by atoms with Crippen LogP contribution in [0, 0.1) is 0 Å². The monoisotopic (exact) mass is 319 g/mol. The molecule has 4 aromatic rings. The first-order chi connectivity index (χ1) is 11.6. The number of nitrogen functional groups attached to an aromatic ring is 1. The summed E-state index contributed by atoms with van der Waals surface area (Å²) < 4.78 is 2.29. The Hall–Kier alpha value is -3.08. The summed E-state index contributed by atoms with van der Waals surface area (Å²) in [6.45, 7) is 3.49. The van der Waals surface area contributed by atoms with Crippen molar-refractivity contribution in [3.05, 3.63) is 68.5 Å². The molecule has 0 atom stereocenters. The van der Waals surface area contributed by atoms with E-state index in [1.165, 1.54) is 21.8 Å². The van der Waals surface area contributed by atoms with E-state index in [-0.39, 0.29) is 11.4 Å². The van der Waals surface area contributed by atoms with E-state index in [2.05, 4.69) is 41.1 Å². The average molecular weight is 319 g/mol. The molecule has 0 spiro atoms. The van der Waals surface area contributed by atoms with Crippen LogP contribution in [-0.4, -0.2) is 4.57 Å². The minimum atomic E-state index is -0.598. The number of nitrogens with two attached hydrogens (primary N) is 1. The first-order valence-electron chi connectivity index (χ1n) is 7.94. The van der Waals surface area contributed by atoms with E-state index in [0.717, 1.165) is 12.1 Å². The number of aryl methyl sites for hydroxylation is 1. The molecule has 1 heterocycles. The standard InChI is InChI=1S/C19H17N3O2/c1-2-22-14-6-4-3-5-12(14)13-9-11(7-8-15(13)22)10-21-17-16(20)18(23)19(17)24/h3-9,21H,2,10,20H2,1H3. The van der Waals surface area contributed by atoms with Gasteiger partial charge < -0.3 is 15.6 Å². The van der Waals surface area contributed by atoms with Gasteiger partial charge >= 0.3 is 0 Å². The number of nitrogens with zero attached hydrogens (tertiary/aromatic N) is 1. The molecule has 0 amide bonds. The molecule has 0 unspecified atom stereocenters. The van der Waals surface area contributed by atoms with Gasteiger partial charge in [-0.05, 0) is 30.7 Å². The zero-order valence-corrected chi connectivity index (χ0v) is 13.3. The lowest BCUT2D eigenvalue weighted by molar-refractivity contribution is 0.827. The van der Waals surface area contributed by atoms with Crippen molar-refractivity contribution >= 4 is 33.2 Å². The molecule has 24 heavy (non-hydrogen) atoms. The minimum absolute atomic E-state index is 0.0312. The third-order valence-corrected chi connectivity index (χ3v) is 4.57. The lowest BCUT2D eigenvalue weighted by atomic mass is 10.1. The van der Waals surface area contributed by atoms with Gasteiger partial charge in [-0.25, -0.2) is 0 Å². The molecule has 5 heteroatoms. The third-order valence-electron chi connectivity index (χ3n) is 4.57. The van der Waals surface area contributed by atoms with E-state index < -0.39 is 10.9 Å². The molecule has 3 N–H and O–H groups in total. The molecule has 1 aromatic heterocycles. The summed E-state index contributed by atoms with van der Waals surface area (Å²) in [7, 11) is 0. The van der Waals surface area contributed by atoms with Gasteiger partial charge in [-0.1, -0.05) is 24.3 Å². The second-order valence-electron chi connectivity index (χ2n) is 5.91. The molecular formula is C19H17N3O2. The second-order valence-corrected chi connectivity index (χ2v) is 5.91. The summed E-state index contributed by atoms with van der Waals surface area (Å²) in [5, 5.41) is 5.37. The molecule has 0 saturated heterocycles. The molecule has 0 aliphatic heterocycles. The van der Waals surface area contributed by atoms with Crippen molar-refractivity contribution in [2.45, 2.75) is 20.0 Å². The van der Waals surface area contributed by atoms with Crippen molar-refractivity contribution < 1.29 is 0 Å². The maximum atomic E-state index is 11.5. The summed E-state index contributed by atoms with van der Waals surface area (Å²) >= 11 is 0. The largest absolute Gasteiger partial charge is 0.394 e. The highest BCUT2D eigenvalue weighted by atomic mass is 16.2. The molecule has 3 aromatic carbocycles. The fraction of sp³-hybridized carbons (Fsp3) is 0.158. The van der Waals surface area contributed by atoms with Gasteiger partial charge in [-0.2, -0.15) is 0 Å². The van der Waals surface area contributed by atoms with Crippen molar-refractivity contribution in [3.63, 3.8) is 0 Å². The maximum absolute atomic E-state index is 11.5. The summed E-state index contributed by atoms with van der Waals surface area (Å²) in [4.78, 5) is 22.6. The molecule has 120 valence electrons. The van der Waals surface area contributed by atoms with E-state index in [4.69, 9.17) is 5.73 Å². The zero-order valence-electron chi connectivity index (χ0n) is 13.3. The lowest BCUT2D eigenvalue weighted by Gasteiger charge is -2.10. The second kappa shape index (κ2) is 5.23. The van der Waals surface area contributed by atoms with Crippen LogP contribution in [0.4, 0.5) is 11.4 Å². The Bertz CT molecular complexity index is 1150. The SMILES string of the molecule is CCn1c2ccccc2c2cc(CNc3c(N)c(=O)c3=O)ccc21. The quantitative estimate of drug-likeness (QED) is 0.567. The van der Waals surface area contributed by atoms with E-state index in [0.29, 0.717) is 6.54 Å². The van der Waals surface area contributed by atoms with Crippen molar-refractivity contribution in [1.82, 2.24) is 4.57 Å². The fourth-order valence-corrected chi connectivity index (χ4v) is 3.33. The number of nitrogens with one attached hydrogen (secondary N) is 1. The summed E-state index contributed by atoms with van der Waals surface area (Å²) in [6.07, 6.45) is 0. The van der Waals surface area contributed by atoms with Crippen molar-refractivity contribution in [1.29, 1.82) is 0 Å². The zero-order chi connectivity index (χ0) is 16.8. The van der Waals surface area contributed by atoms with Crippen LogP contribution in [0.3, 0.4) is 0 Å². The van der Waals surface area contributed by atoms with Crippen LogP contribution in [-0.2, 0) is 13.1 Å². The number of hydrogen-bond donors (Lipinski definition) is 2. The van der Waals surface area contributed by atoms with Gasteiger partial charge in [0.25, 0.3) is 10.9 Å². The Morgan fingerprint density at radius 3 is 2.50 bits per heavy atom. The van der Waals surface area contributed by atoms with Crippen LogP contribution in [0.5, 0.6) is 0 Å². The first-order valence-corrected chi connectivity index (χ1v) is 7.94. The van der Waals surface area contributed by atoms with Gasteiger partial charge in [0.05, 0.1) is 0 Å². The van der Waals surface area contributed by atoms with Gasteiger partial charge in [-0.3, -0.25) is 9.59 Å². The minimum Gasteiger partial charge on any atom is -0.394 e. The smallest absolute Gasteiger partial charge is 0.253 e. The van der Waals surface area contributed by atoms with Crippen LogP contribution < -0.4 is 21.9 Å². The van der Waals surface area contributed by atoms with Gasteiger partial charge in [0.1, 0.15) is 11.4 Å². The number of aromatic nitrogens is 1. The molecule has 0 radical (unpaired) electrons. The predicted molar refractivity (Wildman–Crippen MR) is 98.2 cm³/mol. The molecule has 0 saturated carbocycles. The molecule has 0 aliphatic rings. The van der Waals surface area contributed by atoms with Crippen LogP contribution in [0.2, 0.25) is 0 Å². The Labute approximate surface area is 138 Å². The van der Waals surface area contributed by atoms with Crippen LogP contribution in [0.15, 0.2) is 52.1 Å². The number of hydrogen-bond acceptors (Lipinski definition) is 4. The average Bonchev–Trinajstić information content (AvgIpc) is 2.94. The topological polar surface area (TPSA) is 77.1 Å². The number of anilines is 2. The van der Waals surface area contributed by atoms with E-state index in [9.17, 15) is 9.59 Å². The van der Waals surface area contributed by atoms with Crippen molar-refractivity contribution in [2.24, 2.45) is 0 Å². The summed E-state index contributed by atoms with van der Waals surface area (Å²) in [5.41, 5.74) is 8.13. The van der Waals surface area contributed by atoms with E-state index >= 15 is 0 Å². The van der Waals surface area contributed by atoms with Gasteiger partial charge in [0.2, 0.25) is 0 Å². The lowest BCUT2D eigenvalue weighted by Crippen LogP contribution is -2.36. The normalized spacial score (nSPS) is 11.5. The Balaban J connectivity index is 1.75. The van der Waals surface area contributed by atoms with Crippen molar-refractivity contribution in [2.75, 3.05) is 11.1 Å². The van der Waals surface area contributed by atoms with Crippen molar-refractivity contribution in [3.8, 4) is 0 Å². The van der Waals surface area contributed by atoms with Gasteiger partial charge in [0, 0.05) is 34.9 Å². The first kappa shape index (κ1) is 14.5. The number of benzene rings is 2. The van der Waals surface area contributed by atoms with Crippen LogP contribution in [0.1, 0.15) is 12.5 Å². The Kier molecular flexibility index (Phi) is 3.16. The fourth-order valence-electron chi connectivity index (χ4n) is 3.33. The van der Waals surface area contributed by atoms with Gasteiger partial charge in [0.15, 0.2) is 0 Å². The molecule has 0 aliphatic carbocycles. The highest BCUT2D eigenvalue weighted by Gasteiger charge is 2.17. The molecule has 4 rings (SSSR count). The highest BCUT2D eigenvalue weighted by molar-refractivity contribution is 6.08. The number of fused-ring (bicyclic) bond motifs is 3. The molecule has 0 fully saturated rings. The number of rotatable bonds is 4. The maximum Gasteiger partial charge on any atom is 0.253 e. The van der Waals surface area contributed by atoms with Gasteiger partial charge in [-0.15, -0.1) is 0 Å². The summed E-state index contributed by atoms with van der Waals surface area (Å²) in [6, 6.07) is 14.6. The molecule has 0 bridgehead atoms. The van der Waals surface area contributed by atoms with E-state index in [1.807, 2.05) is 18.2 Å². The highest BCUT2D eigenvalue weighted by Crippen LogP contribution is 2.29. The molecular weight excluding hydrogens is 302 g/mol. The summed E-state index contributed by atoms with van der Waals surface area (Å²) in [5.74, 6) is 0. The Morgan fingerprint density at radius 2 is 1.75 bits per heavy atom. The third kappa shape index (κ3) is 1.94. The molecule has 5 nitrogen and oxygen atoms in total. The van der Waals surface area contributed by atoms with Crippen LogP contribution in [0.25, 0.3) is 21.8 Å². The van der Waals surface area contributed by atoms with Crippen LogP contribution >= 0.6 is 0 Å². The van der Waals surface area contributed by atoms with E-state index in [1.54, 1.807) is 0 Å². The number of para-hydroxylation sites is 1. The predicted octanol–water partition coefficient (Wildman–Crippen LogP) is 2.60. The Morgan fingerprint density at radius 1 is 1.00 bits per heavy atom.